The summed E-state index contributed by atoms with van der Waals surface area (Å²) >= 11 is 3.48. The standard InChI is InChI=1S/C15H17BrN2O3/c1-4-17-13-9(15(19)21-5-2)8-18-14-10(16)6-7-11(20-3)12(13)14/h6-8H,4-5H2,1-3H3,(H,17,18). The van der Waals surface area contributed by atoms with Crippen LogP contribution in [0.3, 0.4) is 0 Å². The fraction of sp³-hybridized carbons (Fsp3) is 0.333. The number of pyridine rings is 1. The first-order valence-corrected chi connectivity index (χ1v) is 7.49. The normalized spacial score (nSPS) is 10.5. The van der Waals surface area contributed by atoms with Crippen LogP contribution in [0, 0.1) is 0 Å². The number of aromatic nitrogens is 1. The van der Waals surface area contributed by atoms with Gasteiger partial charge in [0.1, 0.15) is 11.3 Å². The second-order valence-electron chi connectivity index (χ2n) is 4.27. The van der Waals surface area contributed by atoms with Gasteiger partial charge in [-0.05, 0) is 41.9 Å². The van der Waals surface area contributed by atoms with Crippen LogP contribution in [-0.4, -0.2) is 31.2 Å². The predicted molar refractivity (Wildman–Crippen MR) is 86.1 cm³/mol. The molecular formula is C15H17BrN2O3. The Morgan fingerprint density at radius 2 is 2.14 bits per heavy atom. The van der Waals surface area contributed by atoms with E-state index in [4.69, 9.17) is 9.47 Å². The summed E-state index contributed by atoms with van der Waals surface area (Å²) in [6, 6.07) is 3.71. The molecule has 0 aliphatic carbocycles. The highest BCUT2D eigenvalue weighted by molar-refractivity contribution is 9.10. The molecule has 2 rings (SSSR count). The Morgan fingerprint density at radius 1 is 1.38 bits per heavy atom. The Hall–Kier alpha value is -1.82. The number of carbonyl (C=O) groups excluding carboxylic acids is 1. The molecule has 0 saturated carbocycles. The van der Waals surface area contributed by atoms with Crippen LogP contribution >= 0.6 is 15.9 Å². The summed E-state index contributed by atoms with van der Waals surface area (Å²) < 4.78 is 11.3. The number of esters is 1. The van der Waals surface area contributed by atoms with Gasteiger partial charge in [0.2, 0.25) is 0 Å². The Labute approximate surface area is 131 Å². The van der Waals surface area contributed by atoms with Crippen LogP contribution in [0.4, 0.5) is 5.69 Å². The zero-order valence-corrected chi connectivity index (χ0v) is 13.8. The molecule has 1 aromatic heterocycles. The molecular weight excluding hydrogens is 336 g/mol. The van der Waals surface area contributed by atoms with Gasteiger partial charge < -0.3 is 14.8 Å². The van der Waals surface area contributed by atoms with Crippen LogP contribution in [-0.2, 0) is 4.74 Å². The number of fused-ring (bicyclic) bond motifs is 1. The van der Waals surface area contributed by atoms with Crippen molar-refractivity contribution in [2.45, 2.75) is 13.8 Å². The number of nitrogens with zero attached hydrogens (tertiary/aromatic N) is 1. The number of hydrogen-bond donors (Lipinski definition) is 1. The first-order chi connectivity index (χ1) is 10.1. The molecule has 0 saturated heterocycles. The van der Waals surface area contributed by atoms with Crippen LogP contribution < -0.4 is 10.1 Å². The second-order valence-corrected chi connectivity index (χ2v) is 5.13. The molecule has 1 N–H and O–H groups in total. The highest BCUT2D eigenvalue weighted by atomic mass is 79.9. The molecule has 2 aromatic rings. The molecule has 0 atom stereocenters. The van der Waals surface area contributed by atoms with Gasteiger partial charge in [-0.3, -0.25) is 4.98 Å². The zero-order chi connectivity index (χ0) is 15.4. The van der Waals surface area contributed by atoms with Crippen LogP contribution in [0.1, 0.15) is 24.2 Å². The second kappa shape index (κ2) is 6.76. The van der Waals surface area contributed by atoms with Gasteiger partial charge >= 0.3 is 5.97 Å². The lowest BCUT2D eigenvalue weighted by Gasteiger charge is -2.15. The fourth-order valence-electron chi connectivity index (χ4n) is 2.14. The SMILES string of the molecule is CCNc1c(C(=O)OCC)cnc2c(Br)ccc(OC)c12. The Morgan fingerprint density at radius 3 is 2.76 bits per heavy atom. The van der Waals surface area contributed by atoms with E-state index in [0.29, 0.717) is 30.2 Å². The third-order valence-electron chi connectivity index (χ3n) is 3.00. The van der Waals surface area contributed by atoms with E-state index in [1.165, 1.54) is 6.20 Å². The van der Waals surface area contributed by atoms with E-state index in [0.717, 1.165) is 15.4 Å². The summed E-state index contributed by atoms with van der Waals surface area (Å²) in [6.07, 6.45) is 1.53. The minimum atomic E-state index is -0.398. The van der Waals surface area contributed by atoms with Crippen molar-refractivity contribution >= 4 is 38.5 Å². The molecule has 0 spiro atoms. The Kier molecular flexibility index (Phi) is 5.01. The average Bonchev–Trinajstić information content (AvgIpc) is 2.48. The average molecular weight is 353 g/mol. The molecule has 1 aromatic carbocycles. The Bertz CT molecular complexity index is 674. The number of ether oxygens (including phenoxy) is 2. The largest absolute Gasteiger partial charge is 0.496 e. The summed E-state index contributed by atoms with van der Waals surface area (Å²) in [5.41, 5.74) is 1.82. The van der Waals surface area contributed by atoms with Crippen molar-refractivity contribution in [2.24, 2.45) is 0 Å². The summed E-state index contributed by atoms with van der Waals surface area (Å²) in [5, 5.41) is 3.98. The molecule has 0 fully saturated rings. The number of hydrogen-bond acceptors (Lipinski definition) is 5. The topological polar surface area (TPSA) is 60.5 Å². The van der Waals surface area contributed by atoms with E-state index in [1.54, 1.807) is 14.0 Å². The molecule has 0 unspecified atom stereocenters. The highest BCUT2D eigenvalue weighted by Gasteiger charge is 2.19. The van der Waals surface area contributed by atoms with E-state index in [-0.39, 0.29) is 0 Å². The maximum atomic E-state index is 12.1. The van der Waals surface area contributed by atoms with Crippen molar-refractivity contribution in [3.8, 4) is 5.75 Å². The third-order valence-corrected chi connectivity index (χ3v) is 3.64. The molecule has 0 aliphatic rings. The van der Waals surface area contributed by atoms with Gasteiger partial charge in [-0.25, -0.2) is 4.79 Å². The summed E-state index contributed by atoms with van der Waals surface area (Å²) in [4.78, 5) is 16.5. The number of carbonyl (C=O) groups is 1. The molecule has 0 radical (unpaired) electrons. The minimum Gasteiger partial charge on any atom is -0.496 e. The van der Waals surface area contributed by atoms with E-state index >= 15 is 0 Å². The van der Waals surface area contributed by atoms with E-state index in [2.05, 4.69) is 26.2 Å². The monoisotopic (exact) mass is 352 g/mol. The molecule has 21 heavy (non-hydrogen) atoms. The molecule has 6 heteroatoms. The van der Waals surface area contributed by atoms with Gasteiger partial charge in [0, 0.05) is 17.2 Å². The maximum Gasteiger partial charge on any atom is 0.341 e. The predicted octanol–water partition coefficient (Wildman–Crippen LogP) is 3.61. The molecule has 112 valence electrons. The van der Waals surface area contributed by atoms with Crippen molar-refractivity contribution in [2.75, 3.05) is 25.6 Å². The molecule has 5 nitrogen and oxygen atoms in total. The minimum absolute atomic E-state index is 0.318. The molecule has 1 heterocycles. The number of benzene rings is 1. The van der Waals surface area contributed by atoms with Gasteiger partial charge in [-0.15, -0.1) is 0 Å². The fourth-order valence-corrected chi connectivity index (χ4v) is 2.57. The van der Waals surface area contributed by atoms with Crippen molar-refractivity contribution in [1.82, 2.24) is 4.98 Å². The van der Waals surface area contributed by atoms with Crippen molar-refractivity contribution in [3.05, 3.63) is 28.4 Å². The van der Waals surface area contributed by atoms with E-state index in [1.807, 2.05) is 19.1 Å². The van der Waals surface area contributed by atoms with Crippen LogP contribution in [0.15, 0.2) is 22.8 Å². The van der Waals surface area contributed by atoms with Crippen molar-refractivity contribution in [3.63, 3.8) is 0 Å². The maximum absolute atomic E-state index is 12.1. The first-order valence-electron chi connectivity index (χ1n) is 6.70. The summed E-state index contributed by atoms with van der Waals surface area (Å²) in [5.74, 6) is 0.257. The van der Waals surface area contributed by atoms with Crippen LogP contribution in [0.25, 0.3) is 10.9 Å². The lowest BCUT2D eigenvalue weighted by Crippen LogP contribution is -2.11. The zero-order valence-electron chi connectivity index (χ0n) is 12.2. The summed E-state index contributed by atoms with van der Waals surface area (Å²) in [7, 11) is 1.59. The van der Waals surface area contributed by atoms with E-state index < -0.39 is 5.97 Å². The molecule has 0 bridgehead atoms. The Balaban J connectivity index is 2.77. The van der Waals surface area contributed by atoms with Gasteiger partial charge in [-0.2, -0.15) is 0 Å². The third kappa shape index (κ3) is 2.95. The van der Waals surface area contributed by atoms with E-state index in [9.17, 15) is 4.79 Å². The van der Waals surface area contributed by atoms with Crippen LogP contribution in [0.2, 0.25) is 0 Å². The van der Waals surface area contributed by atoms with Crippen molar-refractivity contribution in [1.29, 1.82) is 0 Å². The number of rotatable bonds is 5. The highest BCUT2D eigenvalue weighted by Crippen LogP contribution is 2.37. The van der Waals surface area contributed by atoms with Gasteiger partial charge in [0.05, 0.1) is 30.3 Å². The lowest BCUT2D eigenvalue weighted by atomic mass is 10.1. The van der Waals surface area contributed by atoms with Crippen LogP contribution in [0.5, 0.6) is 5.75 Å². The lowest BCUT2D eigenvalue weighted by molar-refractivity contribution is 0.0527. The smallest absolute Gasteiger partial charge is 0.341 e. The van der Waals surface area contributed by atoms with Gasteiger partial charge in [-0.1, -0.05) is 0 Å². The number of anilines is 1. The molecule has 0 amide bonds. The molecule has 0 aliphatic heterocycles. The number of methoxy groups -OCH3 is 1. The van der Waals surface area contributed by atoms with Crippen molar-refractivity contribution < 1.29 is 14.3 Å². The first kappa shape index (κ1) is 15.6. The van der Waals surface area contributed by atoms with Gasteiger partial charge in [0.15, 0.2) is 0 Å². The number of nitrogens with one attached hydrogen (secondary N) is 1. The van der Waals surface area contributed by atoms with Gasteiger partial charge in [0.25, 0.3) is 0 Å². The quantitative estimate of drug-likeness (QED) is 0.832. The summed E-state index contributed by atoms with van der Waals surface area (Å²) in [6.45, 7) is 4.72. The number of halogens is 1.